The lowest BCUT2D eigenvalue weighted by Crippen LogP contribution is -2.13. The Kier molecular flexibility index (Phi) is 3.84. The molecule has 0 saturated carbocycles. The number of para-hydroxylation sites is 1. The Morgan fingerprint density at radius 2 is 1.90 bits per heavy atom. The second-order valence-corrected chi connectivity index (χ2v) is 4.28. The number of aromatic carboxylic acids is 1. The highest BCUT2D eigenvalue weighted by molar-refractivity contribution is 5.90. The zero-order valence-electron chi connectivity index (χ0n) is 11.0. The summed E-state index contributed by atoms with van der Waals surface area (Å²) >= 11 is 0. The van der Waals surface area contributed by atoms with Crippen molar-refractivity contribution in [1.29, 1.82) is 0 Å². The van der Waals surface area contributed by atoms with Crippen LogP contribution < -0.4 is 4.90 Å². The molecule has 21 heavy (non-hydrogen) atoms. The molecule has 0 aliphatic rings. The van der Waals surface area contributed by atoms with Gasteiger partial charge in [0.1, 0.15) is 11.5 Å². The van der Waals surface area contributed by atoms with E-state index in [2.05, 4.69) is 0 Å². The minimum absolute atomic E-state index is 0.107. The molecule has 0 spiro atoms. The number of rotatable bonds is 4. The molecule has 0 fully saturated rings. The van der Waals surface area contributed by atoms with Crippen molar-refractivity contribution in [3.63, 3.8) is 0 Å². The molecule has 0 amide bonds. The molecule has 0 heterocycles. The molecule has 2 aromatic carbocycles. The highest BCUT2D eigenvalue weighted by atomic mass is 19.1. The second-order valence-electron chi connectivity index (χ2n) is 4.28. The maximum Gasteiger partial charge on any atom is 0.335 e. The van der Waals surface area contributed by atoms with Crippen LogP contribution in [0.4, 0.5) is 21.5 Å². The molecule has 108 valence electrons. The molecule has 0 saturated heterocycles. The van der Waals surface area contributed by atoms with Crippen molar-refractivity contribution in [2.75, 3.05) is 11.9 Å². The van der Waals surface area contributed by atoms with Gasteiger partial charge in [-0.2, -0.15) is 0 Å². The molecule has 1 N–H and O–H groups in total. The van der Waals surface area contributed by atoms with Crippen LogP contribution in [0.2, 0.25) is 0 Å². The Morgan fingerprint density at radius 3 is 2.48 bits per heavy atom. The first-order chi connectivity index (χ1) is 9.91. The summed E-state index contributed by atoms with van der Waals surface area (Å²) in [5.74, 6) is -1.80. The zero-order chi connectivity index (χ0) is 15.6. The lowest BCUT2D eigenvalue weighted by Gasteiger charge is -2.20. The van der Waals surface area contributed by atoms with Crippen LogP contribution in [0.1, 0.15) is 10.4 Å². The summed E-state index contributed by atoms with van der Waals surface area (Å²) < 4.78 is 13.8. The fraction of sp³-hybridized carbons (Fsp3) is 0.0714. The van der Waals surface area contributed by atoms with Crippen molar-refractivity contribution in [1.82, 2.24) is 0 Å². The highest BCUT2D eigenvalue weighted by Crippen LogP contribution is 2.34. The fourth-order valence-electron chi connectivity index (χ4n) is 1.94. The van der Waals surface area contributed by atoms with Crippen molar-refractivity contribution in [2.24, 2.45) is 0 Å². The molecule has 2 rings (SSSR count). The van der Waals surface area contributed by atoms with Crippen molar-refractivity contribution < 1.29 is 19.2 Å². The molecule has 0 radical (unpaired) electrons. The van der Waals surface area contributed by atoms with Gasteiger partial charge in [0.2, 0.25) is 0 Å². The van der Waals surface area contributed by atoms with E-state index in [1.165, 1.54) is 42.3 Å². The first-order valence-electron chi connectivity index (χ1n) is 5.92. The van der Waals surface area contributed by atoms with E-state index in [9.17, 15) is 19.3 Å². The molecule has 0 aliphatic heterocycles. The van der Waals surface area contributed by atoms with Gasteiger partial charge in [-0.3, -0.25) is 10.1 Å². The SMILES string of the molecule is CN(c1ccccc1F)c1ccc(C(=O)O)cc1[N+](=O)[O-]. The maximum atomic E-state index is 13.8. The number of nitro groups is 1. The normalized spacial score (nSPS) is 10.2. The summed E-state index contributed by atoms with van der Waals surface area (Å²) in [7, 11) is 1.47. The Bertz CT molecular complexity index is 718. The summed E-state index contributed by atoms with van der Waals surface area (Å²) in [5, 5.41) is 20.0. The fourth-order valence-corrected chi connectivity index (χ4v) is 1.94. The molecular formula is C14H11FN2O4. The second kappa shape index (κ2) is 5.58. The van der Waals surface area contributed by atoms with Crippen LogP contribution in [0.15, 0.2) is 42.5 Å². The number of nitro benzene ring substituents is 1. The van der Waals surface area contributed by atoms with Gasteiger partial charge in [0.15, 0.2) is 0 Å². The van der Waals surface area contributed by atoms with E-state index in [-0.39, 0.29) is 16.9 Å². The highest BCUT2D eigenvalue weighted by Gasteiger charge is 2.21. The molecule has 0 bridgehead atoms. The molecule has 6 nitrogen and oxygen atoms in total. The third-order valence-electron chi connectivity index (χ3n) is 2.99. The van der Waals surface area contributed by atoms with Gasteiger partial charge in [0, 0.05) is 13.1 Å². The number of halogens is 1. The molecule has 7 heteroatoms. The smallest absolute Gasteiger partial charge is 0.335 e. The summed E-state index contributed by atoms with van der Waals surface area (Å²) in [6.45, 7) is 0. The predicted molar refractivity (Wildman–Crippen MR) is 74.5 cm³/mol. The first-order valence-corrected chi connectivity index (χ1v) is 5.92. The van der Waals surface area contributed by atoms with Gasteiger partial charge in [0.25, 0.3) is 5.69 Å². The van der Waals surface area contributed by atoms with E-state index >= 15 is 0 Å². The molecule has 0 aromatic heterocycles. The van der Waals surface area contributed by atoms with Crippen LogP contribution in [0.5, 0.6) is 0 Å². The van der Waals surface area contributed by atoms with Gasteiger partial charge >= 0.3 is 5.97 Å². The Morgan fingerprint density at radius 1 is 1.24 bits per heavy atom. The number of carboxylic acid groups (broad SMARTS) is 1. The summed E-state index contributed by atoms with van der Waals surface area (Å²) in [4.78, 5) is 22.6. The van der Waals surface area contributed by atoms with E-state index < -0.39 is 22.4 Å². The monoisotopic (exact) mass is 290 g/mol. The number of benzene rings is 2. The van der Waals surface area contributed by atoms with Crippen LogP contribution in [-0.2, 0) is 0 Å². The Labute approximate surface area is 119 Å². The van der Waals surface area contributed by atoms with E-state index in [1.807, 2.05) is 0 Å². The molecule has 0 aliphatic carbocycles. The van der Waals surface area contributed by atoms with E-state index in [0.717, 1.165) is 6.07 Å². The third kappa shape index (κ3) is 2.81. The average Bonchev–Trinajstić information content (AvgIpc) is 2.46. The molecular weight excluding hydrogens is 279 g/mol. The van der Waals surface area contributed by atoms with Gasteiger partial charge < -0.3 is 10.0 Å². The number of carboxylic acids is 1. The minimum Gasteiger partial charge on any atom is -0.478 e. The van der Waals surface area contributed by atoms with Gasteiger partial charge in [-0.15, -0.1) is 0 Å². The quantitative estimate of drug-likeness (QED) is 0.690. The van der Waals surface area contributed by atoms with Gasteiger partial charge in [-0.1, -0.05) is 12.1 Å². The number of hydrogen-bond acceptors (Lipinski definition) is 4. The van der Waals surface area contributed by atoms with Crippen LogP contribution in [-0.4, -0.2) is 23.0 Å². The number of carbonyl (C=O) groups is 1. The number of hydrogen-bond donors (Lipinski definition) is 1. The van der Waals surface area contributed by atoms with Crippen molar-refractivity contribution in [2.45, 2.75) is 0 Å². The zero-order valence-corrected chi connectivity index (χ0v) is 11.0. The Balaban J connectivity index is 2.55. The largest absolute Gasteiger partial charge is 0.478 e. The number of nitrogens with zero attached hydrogens (tertiary/aromatic N) is 2. The lowest BCUT2D eigenvalue weighted by molar-refractivity contribution is -0.384. The van der Waals surface area contributed by atoms with E-state index in [1.54, 1.807) is 6.07 Å². The van der Waals surface area contributed by atoms with Crippen LogP contribution in [0.3, 0.4) is 0 Å². The molecule has 2 aromatic rings. The van der Waals surface area contributed by atoms with E-state index in [0.29, 0.717) is 0 Å². The van der Waals surface area contributed by atoms with Crippen molar-refractivity contribution >= 4 is 23.0 Å². The lowest BCUT2D eigenvalue weighted by atomic mass is 10.1. The average molecular weight is 290 g/mol. The van der Waals surface area contributed by atoms with Crippen LogP contribution in [0, 0.1) is 15.9 Å². The molecule has 0 atom stereocenters. The predicted octanol–water partition coefficient (Wildman–Crippen LogP) is 3.20. The topological polar surface area (TPSA) is 83.7 Å². The van der Waals surface area contributed by atoms with Crippen LogP contribution >= 0.6 is 0 Å². The van der Waals surface area contributed by atoms with Crippen molar-refractivity contribution in [3.05, 3.63) is 64.0 Å². The molecule has 0 unspecified atom stereocenters. The van der Waals surface area contributed by atoms with Gasteiger partial charge in [-0.05, 0) is 24.3 Å². The van der Waals surface area contributed by atoms with Crippen molar-refractivity contribution in [3.8, 4) is 0 Å². The summed E-state index contributed by atoms with van der Waals surface area (Å²) in [6.07, 6.45) is 0. The summed E-state index contributed by atoms with van der Waals surface area (Å²) in [5.41, 5.74) is -0.341. The van der Waals surface area contributed by atoms with E-state index in [4.69, 9.17) is 5.11 Å². The van der Waals surface area contributed by atoms with Crippen LogP contribution in [0.25, 0.3) is 0 Å². The first kappa shape index (κ1) is 14.4. The number of anilines is 2. The van der Waals surface area contributed by atoms with Gasteiger partial charge in [0.05, 0.1) is 16.2 Å². The minimum atomic E-state index is -1.27. The Hall–Kier alpha value is -2.96. The summed E-state index contributed by atoms with van der Waals surface area (Å²) in [6, 6.07) is 9.31. The standard InChI is InChI=1S/C14H11FN2O4/c1-16(11-5-3-2-4-10(11)15)12-7-6-9(14(18)19)8-13(12)17(20)21/h2-8H,1H3,(H,18,19). The third-order valence-corrected chi connectivity index (χ3v) is 2.99. The maximum absolute atomic E-state index is 13.8. The van der Waals surface area contributed by atoms with Gasteiger partial charge in [-0.25, -0.2) is 9.18 Å².